The largest absolute Gasteiger partial charge is 0.295 e. The van der Waals surface area contributed by atoms with Crippen molar-refractivity contribution in [1.29, 1.82) is 0 Å². The van der Waals surface area contributed by atoms with E-state index < -0.39 is 14.9 Å². The number of nitrogens with zero attached hydrogens (tertiary/aromatic N) is 3. The van der Waals surface area contributed by atoms with Gasteiger partial charge < -0.3 is 0 Å². The van der Waals surface area contributed by atoms with Crippen LogP contribution in [-0.4, -0.2) is 36.4 Å². The molecule has 29 heavy (non-hydrogen) atoms. The Labute approximate surface area is 170 Å². The van der Waals surface area contributed by atoms with Gasteiger partial charge in [0.1, 0.15) is 5.69 Å². The van der Waals surface area contributed by atoms with Gasteiger partial charge in [0.15, 0.2) is 0 Å². The molecule has 0 unspecified atom stereocenters. The molecule has 156 valence electrons. The van der Waals surface area contributed by atoms with E-state index in [9.17, 15) is 18.5 Å². The van der Waals surface area contributed by atoms with Gasteiger partial charge in [-0.2, -0.15) is 9.41 Å². The van der Waals surface area contributed by atoms with Crippen molar-refractivity contribution >= 4 is 27.1 Å². The lowest BCUT2D eigenvalue weighted by atomic mass is 9.55. The molecule has 5 aliphatic rings. The third-order valence-electron chi connectivity index (χ3n) is 7.15. The number of rotatable bonds is 5. The molecule has 1 heterocycles. The highest BCUT2D eigenvalue weighted by Crippen LogP contribution is 2.52. The van der Waals surface area contributed by atoms with E-state index in [2.05, 4.69) is 10.5 Å². The van der Waals surface area contributed by atoms with Crippen LogP contribution in [0.3, 0.4) is 0 Å². The summed E-state index contributed by atoms with van der Waals surface area (Å²) in [5, 5.41) is 16.2. The summed E-state index contributed by atoms with van der Waals surface area (Å²) >= 11 is 0. The number of hydrogen-bond donors (Lipinski definition) is 1. The van der Waals surface area contributed by atoms with Crippen molar-refractivity contribution in [2.75, 3.05) is 18.5 Å². The molecule has 0 aromatic heterocycles. The lowest BCUT2D eigenvalue weighted by molar-refractivity contribution is -0.384. The molecule has 1 aromatic rings. The third kappa shape index (κ3) is 3.34. The van der Waals surface area contributed by atoms with Crippen LogP contribution in [0.5, 0.6) is 0 Å². The molecule has 4 aliphatic carbocycles. The molecule has 8 nitrogen and oxygen atoms in total. The van der Waals surface area contributed by atoms with Gasteiger partial charge in [0, 0.05) is 24.9 Å². The van der Waals surface area contributed by atoms with E-state index in [1.54, 1.807) is 0 Å². The van der Waals surface area contributed by atoms with Crippen LogP contribution in [0.25, 0.3) is 0 Å². The van der Waals surface area contributed by atoms with Crippen molar-refractivity contribution in [3.05, 3.63) is 28.3 Å². The molecular formula is C20H26N4O4S. The second kappa shape index (κ2) is 7.05. The fraction of sp³-hybridized carbons (Fsp3) is 0.650. The zero-order valence-electron chi connectivity index (χ0n) is 16.3. The fourth-order valence-corrected chi connectivity index (χ4v) is 7.51. The Balaban J connectivity index is 1.41. The topological polar surface area (TPSA) is 105 Å². The highest BCUT2D eigenvalue weighted by atomic mass is 32.2. The Morgan fingerprint density at radius 1 is 1.03 bits per heavy atom. The van der Waals surface area contributed by atoms with E-state index in [1.165, 1.54) is 48.5 Å². The van der Waals surface area contributed by atoms with E-state index in [1.807, 2.05) is 0 Å². The standard InChI is InChI=1S/C20H26N4O4S/c25-24(26)19-12-17(29(27,28)23-5-1-2-6-23)3-4-18(19)21-22-20-15-8-13-7-14(10-15)11-16(20)9-13/h3-4,12-16,21H,1-2,5-11H2. The Morgan fingerprint density at radius 3 is 2.24 bits per heavy atom. The van der Waals surface area contributed by atoms with Gasteiger partial charge in [-0.15, -0.1) is 0 Å². The summed E-state index contributed by atoms with van der Waals surface area (Å²) in [5.74, 6) is 2.63. The average Bonchev–Trinajstić information content (AvgIpc) is 3.22. The van der Waals surface area contributed by atoms with Crippen LogP contribution in [-0.2, 0) is 10.0 Å². The molecule has 1 aliphatic heterocycles. The summed E-state index contributed by atoms with van der Waals surface area (Å²) in [6.45, 7) is 0.934. The molecule has 6 rings (SSSR count). The summed E-state index contributed by atoms with van der Waals surface area (Å²) in [5.41, 5.74) is 4.06. The molecule has 4 bridgehead atoms. The number of nitro benzene ring substituents is 1. The van der Waals surface area contributed by atoms with Crippen LogP contribution in [0, 0.1) is 33.8 Å². The first-order chi connectivity index (χ1) is 13.9. The van der Waals surface area contributed by atoms with Gasteiger partial charge in [0.25, 0.3) is 5.69 Å². The molecular weight excluding hydrogens is 392 g/mol. The zero-order valence-corrected chi connectivity index (χ0v) is 17.1. The first kappa shape index (κ1) is 19.0. The van der Waals surface area contributed by atoms with Crippen molar-refractivity contribution in [3.8, 4) is 0 Å². The van der Waals surface area contributed by atoms with Crippen molar-refractivity contribution in [3.63, 3.8) is 0 Å². The molecule has 0 amide bonds. The quantitative estimate of drug-likeness (QED) is 0.581. The van der Waals surface area contributed by atoms with Gasteiger partial charge >= 0.3 is 0 Å². The summed E-state index contributed by atoms with van der Waals surface area (Å²) in [6.07, 6.45) is 7.73. The molecule has 1 N–H and O–H groups in total. The highest BCUT2D eigenvalue weighted by Gasteiger charge is 2.46. The van der Waals surface area contributed by atoms with Gasteiger partial charge in [0.05, 0.1) is 9.82 Å². The Bertz CT molecular complexity index is 939. The zero-order chi connectivity index (χ0) is 20.2. The van der Waals surface area contributed by atoms with E-state index in [4.69, 9.17) is 0 Å². The minimum atomic E-state index is -3.70. The van der Waals surface area contributed by atoms with Gasteiger partial charge in [0.2, 0.25) is 10.0 Å². The maximum Gasteiger partial charge on any atom is 0.295 e. The SMILES string of the molecule is O=[N+]([O-])c1cc(S(=O)(=O)N2CCCC2)ccc1NN=C1C2CC3CC(C2)CC1C3. The maximum atomic E-state index is 12.7. The first-order valence-electron chi connectivity index (χ1n) is 10.5. The van der Waals surface area contributed by atoms with Crippen molar-refractivity contribution in [2.45, 2.75) is 49.8 Å². The number of nitrogens with one attached hydrogen (secondary N) is 1. The van der Waals surface area contributed by atoms with Crippen molar-refractivity contribution in [1.82, 2.24) is 4.31 Å². The molecule has 1 saturated heterocycles. The monoisotopic (exact) mass is 418 g/mol. The Hall–Kier alpha value is -2.00. The van der Waals surface area contributed by atoms with E-state index in [0.29, 0.717) is 24.9 Å². The average molecular weight is 419 g/mol. The van der Waals surface area contributed by atoms with Crippen LogP contribution in [0.1, 0.15) is 44.9 Å². The predicted molar refractivity (Wildman–Crippen MR) is 109 cm³/mol. The van der Waals surface area contributed by atoms with E-state index >= 15 is 0 Å². The maximum absolute atomic E-state index is 12.7. The summed E-state index contributed by atoms with van der Waals surface area (Å²) in [6, 6.07) is 4.08. The minimum absolute atomic E-state index is 0.0288. The van der Waals surface area contributed by atoms with Crippen molar-refractivity contribution in [2.24, 2.45) is 28.8 Å². The lowest BCUT2D eigenvalue weighted by Crippen LogP contribution is -2.45. The minimum Gasteiger partial charge on any atom is -0.272 e. The van der Waals surface area contributed by atoms with Gasteiger partial charge in [-0.1, -0.05) is 0 Å². The number of anilines is 1. The van der Waals surface area contributed by atoms with Crippen LogP contribution in [0.15, 0.2) is 28.2 Å². The predicted octanol–water partition coefficient (Wildman–Crippen LogP) is 3.60. The summed E-state index contributed by atoms with van der Waals surface area (Å²) in [4.78, 5) is 11.1. The second-order valence-electron chi connectivity index (χ2n) is 9.00. The Morgan fingerprint density at radius 2 is 1.66 bits per heavy atom. The van der Waals surface area contributed by atoms with Gasteiger partial charge in [-0.3, -0.25) is 15.5 Å². The molecule has 0 radical (unpaired) electrons. The summed E-state index contributed by atoms with van der Waals surface area (Å²) in [7, 11) is -3.70. The molecule has 9 heteroatoms. The fourth-order valence-electron chi connectivity index (χ4n) is 5.97. The first-order valence-corrected chi connectivity index (χ1v) is 12.0. The number of sulfonamides is 1. The normalized spacial score (nSPS) is 31.2. The van der Waals surface area contributed by atoms with Crippen LogP contribution in [0.4, 0.5) is 11.4 Å². The number of hydrogen-bond acceptors (Lipinski definition) is 6. The Kier molecular flexibility index (Phi) is 4.62. The van der Waals surface area contributed by atoms with E-state index in [0.717, 1.165) is 36.5 Å². The van der Waals surface area contributed by atoms with Crippen molar-refractivity contribution < 1.29 is 13.3 Å². The molecule has 0 atom stereocenters. The molecule has 4 saturated carbocycles. The molecule has 0 spiro atoms. The smallest absolute Gasteiger partial charge is 0.272 e. The number of nitro groups is 1. The van der Waals surface area contributed by atoms with Crippen LogP contribution in [0.2, 0.25) is 0 Å². The second-order valence-corrected chi connectivity index (χ2v) is 10.9. The third-order valence-corrected chi connectivity index (χ3v) is 9.04. The molecule has 5 fully saturated rings. The number of hydrazone groups is 1. The summed E-state index contributed by atoms with van der Waals surface area (Å²) < 4.78 is 26.9. The van der Waals surface area contributed by atoms with E-state index in [-0.39, 0.29) is 16.3 Å². The van der Waals surface area contributed by atoms with Crippen LogP contribution < -0.4 is 5.43 Å². The highest BCUT2D eigenvalue weighted by molar-refractivity contribution is 7.89. The molecule has 1 aromatic carbocycles. The van der Waals surface area contributed by atoms with Gasteiger partial charge in [-0.25, -0.2) is 8.42 Å². The van der Waals surface area contributed by atoms with Gasteiger partial charge in [-0.05, 0) is 80.8 Å². The lowest BCUT2D eigenvalue weighted by Gasteiger charge is -2.50. The number of benzene rings is 1. The van der Waals surface area contributed by atoms with Crippen LogP contribution >= 0.6 is 0 Å².